The number of hydrogen-bond donors (Lipinski definition) is 9. The van der Waals surface area contributed by atoms with Crippen molar-refractivity contribution in [3.63, 3.8) is 0 Å². The van der Waals surface area contributed by atoms with Gasteiger partial charge in [0.1, 0.15) is 11.7 Å². The first-order chi connectivity index (χ1) is 73.3. The summed E-state index contributed by atoms with van der Waals surface area (Å²) in [6.07, 6.45) is -0.00392. The number of thioether (sulfide) groups is 1. The lowest BCUT2D eigenvalue weighted by Gasteiger charge is -2.49. The van der Waals surface area contributed by atoms with Gasteiger partial charge in [-0.05, 0) is 24.2 Å². The summed E-state index contributed by atoms with van der Waals surface area (Å²) >= 11 is 14.4. The molecule has 0 aliphatic carbocycles. The Balaban J connectivity index is 3.52. The van der Waals surface area contributed by atoms with Crippen molar-refractivity contribution in [2.45, 2.75) is 47.8 Å². The molecular formula is C96H194O48S4. The predicted octanol–water partition coefficient (Wildman–Crippen LogP) is -0.520. The minimum Gasteiger partial charge on any atom is -0.394 e. The second-order valence-corrected chi connectivity index (χ2v) is 32.9. The zero-order valence-corrected chi connectivity index (χ0v) is 92.3. The third-order valence-corrected chi connectivity index (χ3v) is 21.2. The number of rotatable bonds is 137. The molecule has 890 valence electrons. The Kier molecular flexibility index (Phi) is 128. The summed E-state index contributed by atoms with van der Waals surface area (Å²) in [6.45, 7) is 31.0. The van der Waals surface area contributed by atoms with Crippen LogP contribution in [0.15, 0.2) is 0 Å². The Hall–Kier alpha value is -0.520. The maximum absolute atomic E-state index is 11.9. The molecule has 0 aliphatic rings. The minimum atomic E-state index is -1.89. The van der Waals surface area contributed by atoms with Crippen LogP contribution < -0.4 is 0 Å². The predicted molar refractivity (Wildman–Crippen MR) is 553 cm³/mol. The van der Waals surface area contributed by atoms with E-state index in [2.05, 4.69) is 37.9 Å². The van der Waals surface area contributed by atoms with E-state index in [1.165, 1.54) is 11.8 Å². The highest BCUT2D eigenvalue weighted by Gasteiger charge is 2.57. The van der Waals surface area contributed by atoms with Gasteiger partial charge in [0, 0.05) is 12.2 Å². The van der Waals surface area contributed by atoms with E-state index < -0.39 is 30.2 Å². The summed E-state index contributed by atoms with van der Waals surface area (Å²) in [5.74, 6) is -0.706. The molecule has 0 saturated carbocycles. The van der Waals surface area contributed by atoms with Crippen LogP contribution in [0.1, 0.15) is 12.8 Å². The average molecular weight is 2240 g/mol. The Morgan fingerprint density at radius 1 is 0.182 bits per heavy atom. The molecule has 6 atom stereocenters. The molecule has 0 saturated heterocycles. The first-order valence-electron chi connectivity index (χ1n) is 52.0. The molecule has 0 bridgehead atoms. The fraction of sp³-hybridized carbons (Fsp3) is 1.00. The molecule has 6 unspecified atom stereocenters. The van der Waals surface area contributed by atoms with Gasteiger partial charge in [-0.25, -0.2) is 0 Å². The van der Waals surface area contributed by atoms with Crippen LogP contribution >= 0.6 is 49.6 Å². The third-order valence-electron chi connectivity index (χ3n) is 19.4. The van der Waals surface area contributed by atoms with Gasteiger partial charge < -0.3 is 230 Å². The van der Waals surface area contributed by atoms with E-state index >= 15 is 0 Å². The minimum absolute atomic E-state index is 0.00510. The largest absolute Gasteiger partial charge is 0.394 e. The fourth-order valence-electron chi connectivity index (χ4n) is 12.1. The van der Waals surface area contributed by atoms with Crippen LogP contribution in [0.5, 0.6) is 0 Å². The average Bonchev–Trinajstić information content (AvgIpc) is 0.760. The molecule has 0 amide bonds. The molecule has 0 aromatic carbocycles. The lowest BCUT2D eigenvalue weighted by atomic mass is 9.82. The summed E-state index contributed by atoms with van der Waals surface area (Å²) in [5, 5.41) is 59.5. The van der Waals surface area contributed by atoms with Gasteiger partial charge in [-0.2, -0.15) is 49.6 Å². The molecule has 0 aromatic rings. The van der Waals surface area contributed by atoms with Crippen molar-refractivity contribution in [1.29, 1.82) is 0 Å². The first kappa shape index (κ1) is 147. The number of aliphatic hydroxyl groups excluding tert-OH is 5. The second-order valence-electron chi connectivity index (χ2n) is 30.6. The Morgan fingerprint density at radius 2 is 0.365 bits per heavy atom. The summed E-state index contributed by atoms with van der Waals surface area (Å²) in [4.78, 5) is 0. The zero-order chi connectivity index (χ0) is 107. The van der Waals surface area contributed by atoms with Crippen molar-refractivity contribution >= 4 is 49.6 Å². The van der Waals surface area contributed by atoms with Crippen LogP contribution in [0.25, 0.3) is 0 Å². The molecule has 0 heterocycles. The second kappa shape index (κ2) is 128. The molecule has 148 heavy (non-hydrogen) atoms. The van der Waals surface area contributed by atoms with Gasteiger partial charge in [-0.15, -0.1) is 0 Å². The highest BCUT2D eigenvalue weighted by Crippen LogP contribution is 2.39. The van der Waals surface area contributed by atoms with Crippen molar-refractivity contribution in [3.8, 4) is 0 Å². The highest BCUT2D eigenvalue weighted by molar-refractivity contribution is 7.99. The van der Waals surface area contributed by atoms with Gasteiger partial charge in [0.05, 0.1) is 572 Å². The molecule has 0 aliphatic heterocycles. The molecular weight excluding hydrogens is 2050 g/mol. The Morgan fingerprint density at radius 3 is 0.541 bits per heavy atom. The van der Waals surface area contributed by atoms with Crippen molar-refractivity contribution in [1.82, 2.24) is 0 Å². The van der Waals surface area contributed by atoms with Gasteiger partial charge in [0.2, 0.25) is 5.79 Å². The standard InChI is InChI=1S/C96H194O48S4/c1-148-94(91(88-100)140-81-78-136-75-72-133-69-66-130-63-60-127-57-54-124-51-48-121-45-42-118-39-36-115-33-30-112-27-26-111-25-24-110-23-22-109-21-20-108-19-18-107-17-16-106-15-14-105-13-12-104-11-10-103-7-4-97)92(90-139-84-87-147)141-82-79-137-76-73-134-70-67-131-64-61-128-58-55-125-52-49-122-46-43-119-40-37-116-34-31-113-28-29-114-32-35-117-38-41-120-44-47-123-50-53-126-56-59-129-62-65-132-68-71-135-74-77-138-80-83-144-96(3-86-146,143-9-6-99)95(102,2-85-145)93(89-101)142-8-5-98/h91-94,97-102,145-147H,2-90H2,1H3. The number of ether oxygens (including phenoxy) is 42. The molecule has 0 aromatic heterocycles. The monoisotopic (exact) mass is 2240 g/mol. The molecule has 48 nitrogen and oxygen atoms in total. The highest BCUT2D eigenvalue weighted by atomic mass is 32.2. The molecule has 0 fully saturated rings. The van der Waals surface area contributed by atoms with Crippen LogP contribution in [0.2, 0.25) is 0 Å². The summed E-state index contributed by atoms with van der Waals surface area (Å²) in [5.41, 5.74) is -1.89. The molecule has 52 heteroatoms. The maximum atomic E-state index is 11.9. The summed E-state index contributed by atoms with van der Waals surface area (Å²) < 4.78 is 235. The van der Waals surface area contributed by atoms with Crippen LogP contribution in [0, 0.1) is 0 Å². The van der Waals surface area contributed by atoms with Crippen LogP contribution in [0.4, 0.5) is 0 Å². The number of aliphatic hydroxyl groups is 6. The SMILES string of the molecule is CSC(C(CO)OCCOCCOCCOCCOCCOCCOCCOCCOCCOCCOCCOCCOCCOCCOCCOCCOCCOCCOCCO)C(COCCS)OCCOCCOCCOCCOCCOCCOCCOCCOCCOCCOCCOCCOCCOCCOCCOCCOCCOCCOCCOC(CCS)(OCCO)C(O)(CCS)C(CO)OCCO. The van der Waals surface area contributed by atoms with E-state index in [4.69, 9.17) is 204 Å². The molecule has 6 N–H and O–H groups in total. The Labute approximate surface area is 901 Å². The van der Waals surface area contributed by atoms with E-state index in [9.17, 15) is 25.5 Å². The van der Waals surface area contributed by atoms with E-state index in [1.807, 2.05) is 6.26 Å². The number of hydrogen-bond acceptors (Lipinski definition) is 52. The topological polar surface area (TPSA) is 509 Å². The maximum Gasteiger partial charge on any atom is 0.201 e. The lowest BCUT2D eigenvalue weighted by Crippen LogP contribution is -2.66. The van der Waals surface area contributed by atoms with Crippen molar-refractivity contribution in [3.05, 3.63) is 0 Å². The third kappa shape index (κ3) is 104. The molecule has 0 radical (unpaired) electrons. The normalized spacial score (nSPS) is 13.7. The molecule has 0 rings (SSSR count). The van der Waals surface area contributed by atoms with Gasteiger partial charge in [0.15, 0.2) is 0 Å². The van der Waals surface area contributed by atoms with Gasteiger partial charge in [0.25, 0.3) is 0 Å². The van der Waals surface area contributed by atoms with Crippen LogP contribution in [0.3, 0.4) is 0 Å². The van der Waals surface area contributed by atoms with Crippen molar-refractivity contribution < 1.29 is 230 Å². The van der Waals surface area contributed by atoms with Crippen LogP contribution in [-0.4, -0.2) is 644 Å². The fourth-order valence-corrected chi connectivity index (χ4v) is 13.8. The summed E-state index contributed by atoms with van der Waals surface area (Å²) in [7, 11) is 0. The van der Waals surface area contributed by atoms with E-state index in [0.29, 0.717) is 488 Å². The molecule has 0 spiro atoms. The van der Waals surface area contributed by atoms with Crippen LogP contribution in [-0.2, 0) is 199 Å². The zero-order valence-electron chi connectivity index (χ0n) is 88.8. The van der Waals surface area contributed by atoms with E-state index in [-0.39, 0.29) is 102 Å². The quantitative estimate of drug-likeness (QED) is 0.0210. The van der Waals surface area contributed by atoms with Gasteiger partial charge in [-0.1, -0.05) is 0 Å². The lowest BCUT2D eigenvalue weighted by molar-refractivity contribution is -0.351. The Bertz CT molecular complexity index is 2430. The number of thiol groups is 3. The smallest absolute Gasteiger partial charge is 0.201 e. The van der Waals surface area contributed by atoms with Crippen molar-refractivity contribution in [2.75, 3.05) is 578 Å². The van der Waals surface area contributed by atoms with E-state index in [1.54, 1.807) is 0 Å². The summed E-state index contributed by atoms with van der Waals surface area (Å²) in [6, 6.07) is 0. The van der Waals surface area contributed by atoms with Gasteiger partial charge in [-0.3, -0.25) is 0 Å². The van der Waals surface area contributed by atoms with E-state index in [0.717, 1.165) is 0 Å². The van der Waals surface area contributed by atoms with Crippen molar-refractivity contribution in [2.24, 2.45) is 0 Å². The van der Waals surface area contributed by atoms with Gasteiger partial charge >= 0.3 is 0 Å². The first-order valence-corrected chi connectivity index (χ1v) is 55.1.